The van der Waals surface area contributed by atoms with Crippen molar-refractivity contribution in [1.82, 2.24) is 5.32 Å². The van der Waals surface area contributed by atoms with Crippen LogP contribution in [0.1, 0.15) is 6.42 Å². The Bertz CT molecular complexity index is 328. The zero-order chi connectivity index (χ0) is 13.8. The van der Waals surface area contributed by atoms with E-state index < -0.39 is 35.1 Å². The number of carboxylic acid groups (broad SMARTS) is 1. The molecule has 0 aromatic rings. The summed E-state index contributed by atoms with van der Waals surface area (Å²) in [5.74, 6) is -3.56. The van der Waals surface area contributed by atoms with E-state index in [4.69, 9.17) is 9.84 Å². The van der Waals surface area contributed by atoms with Gasteiger partial charge in [0.2, 0.25) is 5.91 Å². The SMILES string of the molecule is O=C(CSCC(F)(F)F)NC1(C(=O)O)CCOC1. The molecule has 0 aromatic carbocycles. The number of carbonyl (C=O) groups is 2. The minimum absolute atomic E-state index is 0.109. The Hall–Kier alpha value is -0.960. The molecule has 1 rings (SSSR count). The van der Waals surface area contributed by atoms with Gasteiger partial charge in [0, 0.05) is 13.0 Å². The summed E-state index contributed by atoms with van der Waals surface area (Å²) in [4.78, 5) is 22.4. The van der Waals surface area contributed by atoms with E-state index in [0.717, 1.165) is 0 Å². The Kier molecular flexibility index (Phi) is 4.85. The second-order valence-corrected chi connectivity index (χ2v) is 4.83. The maximum Gasteiger partial charge on any atom is 0.397 e. The topological polar surface area (TPSA) is 75.6 Å². The molecule has 0 aliphatic carbocycles. The molecule has 18 heavy (non-hydrogen) atoms. The zero-order valence-electron chi connectivity index (χ0n) is 9.25. The Morgan fingerprint density at radius 2 is 2.11 bits per heavy atom. The largest absolute Gasteiger partial charge is 0.479 e. The highest BCUT2D eigenvalue weighted by molar-refractivity contribution is 8.00. The molecular formula is C9H12F3NO4S. The highest BCUT2D eigenvalue weighted by Crippen LogP contribution is 2.22. The van der Waals surface area contributed by atoms with E-state index in [-0.39, 0.29) is 19.6 Å². The van der Waals surface area contributed by atoms with E-state index in [2.05, 4.69) is 5.32 Å². The highest BCUT2D eigenvalue weighted by Gasteiger charge is 2.43. The van der Waals surface area contributed by atoms with Crippen molar-refractivity contribution < 1.29 is 32.6 Å². The quantitative estimate of drug-likeness (QED) is 0.776. The lowest BCUT2D eigenvalue weighted by molar-refractivity contribution is -0.147. The summed E-state index contributed by atoms with van der Waals surface area (Å²) in [7, 11) is 0. The first kappa shape index (κ1) is 15.1. The van der Waals surface area contributed by atoms with Crippen LogP contribution in [0, 0.1) is 0 Å². The van der Waals surface area contributed by atoms with Gasteiger partial charge in [-0.1, -0.05) is 0 Å². The van der Waals surface area contributed by atoms with Crippen LogP contribution in [-0.4, -0.2) is 53.4 Å². The third-order valence-corrected chi connectivity index (χ3v) is 3.31. The third-order valence-electron chi connectivity index (χ3n) is 2.31. The van der Waals surface area contributed by atoms with Crippen molar-refractivity contribution in [3.8, 4) is 0 Å². The van der Waals surface area contributed by atoms with Crippen molar-refractivity contribution in [2.45, 2.75) is 18.1 Å². The molecule has 1 aliphatic rings. The number of alkyl halides is 3. The van der Waals surface area contributed by atoms with Gasteiger partial charge in [-0.25, -0.2) is 4.79 Å². The van der Waals surface area contributed by atoms with Gasteiger partial charge < -0.3 is 15.2 Å². The van der Waals surface area contributed by atoms with Crippen LogP contribution in [-0.2, 0) is 14.3 Å². The lowest BCUT2D eigenvalue weighted by atomic mass is 9.99. The molecule has 1 saturated heterocycles. The lowest BCUT2D eigenvalue weighted by Gasteiger charge is -2.23. The fourth-order valence-corrected chi connectivity index (χ4v) is 2.04. The summed E-state index contributed by atoms with van der Waals surface area (Å²) in [6.45, 7) is 0.0281. The second kappa shape index (κ2) is 5.79. The minimum Gasteiger partial charge on any atom is -0.479 e. The zero-order valence-corrected chi connectivity index (χ0v) is 10.1. The number of ether oxygens (including phenoxy) is 1. The van der Waals surface area contributed by atoms with Crippen molar-refractivity contribution in [1.29, 1.82) is 0 Å². The monoisotopic (exact) mass is 287 g/mol. The van der Waals surface area contributed by atoms with E-state index in [1.807, 2.05) is 0 Å². The third kappa shape index (κ3) is 4.37. The van der Waals surface area contributed by atoms with Crippen molar-refractivity contribution in [3.63, 3.8) is 0 Å². The molecule has 0 aromatic heterocycles. The van der Waals surface area contributed by atoms with Crippen LogP contribution in [0.25, 0.3) is 0 Å². The number of nitrogens with one attached hydrogen (secondary N) is 1. The predicted octanol–water partition coefficient (Wildman–Crippen LogP) is 0.642. The number of halogens is 3. The Morgan fingerprint density at radius 1 is 1.44 bits per heavy atom. The molecule has 0 spiro atoms. The van der Waals surface area contributed by atoms with E-state index in [1.54, 1.807) is 0 Å². The molecular weight excluding hydrogens is 275 g/mol. The number of amides is 1. The van der Waals surface area contributed by atoms with Gasteiger partial charge in [-0.05, 0) is 0 Å². The van der Waals surface area contributed by atoms with Gasteiger partial charge in [0.15, 0.2) is 5.54 Å². The fourth-order valence-electron chi connectivity index (χ4n) is 1.45. The highest BCUT2D eigenvalue weighted by atomic mass is 32.2. The summed E-state index contributed by atoms with van der Waals surface area (Å²) in [5, 5.41) is 11.2. The molecule has 1 fully saturated rings. The van der Waals surface area contributed by atoms with Gasteiger partial charge in [-0.2, -0.15) is 13.2 Å². The maximum atomic E-state index is 11.8. The molecule has 1 aliphatic heterocycles. The number of carboxylic acids is 1. The van der Waals surface area contributed by atoms with Gasteiger partial charge in [0.05, 0.1) is 18.1 Å². The molecule has 1 atom stereocenters. The first-order valence-corrected chi connectivity index (χ1v) is 6.17. The molecule has 1 amide bonds. The average Bonchev–Trinajstić information content (AvgIpc) is 2.65. The summed E-state index contributed by atoms with van der Waals surface area (Å²) < 4.78 is 40.4. The Balaban J connectivity index is 2.41. The molecule has 0 saturated carbocycles. The maximum absolute atomic E-state index is 11.8. The van der Waals surface area contributed by atoms with E-state index in [1.165, 1.54) is 0 Å². The molecule has 5 nitrogen and oxygen atoms in total. The van der Waals surface area contributed by atoms with E-state index in [9.17, 15) is 22.8 Å². The van der Waals surface area contributed by atoms with Crippen molar-refractivity contribution in [3.05, 3.63) is 0 Å². The van der Waals surface area contributed by atoms with Crippen molar-refractivity contribution >= 4 is 23.6 Å². The second-order valence-electron chi connectivity index (χ2n) is 3.85. The number of aliphatic carboxylic acids is 1. The predicted molar refractivity (Wildman–Crippen MR) is 57.3 cm³/mol. The summed E-state index contributed by atoms with van der Waals surface area (Å²) in [6, 6.07) is 0. The molecule has 1 heterocycles. The van der Waals surface area contributed by atoms with Gasteiger partial charge >= 0.3 is 12.1 Å². The fraction of sp³-hybridized carbons (Fsp3) is 0.778. The van der Waals surface area contributed by atoms with Crippen LogP contribution >= 0.6 is 11.8 Å². The Labute approximate surface area is 105 Å². The first-order valence-electron chi connectivity index (χ1n) is 5.02. The number of hydrogen-bond donors (Lipinski definition) is 2. The van der Waals surface area contributed by atoms with E-state index in [0.29, 0.717) is 11.8 Å². The van der Waals surface area contributed by atoms with Gasteiger partial charge in [0.1, 0.15) is 0 Å². The van der Waals surface area contributed by atoms with Crippen molar-refractivity contribution in [2.24, 2.45) is 0 Å². The normalized spacial score (nSPS) is 23.9. The molecule has 104 valence electrons. The molecule has 0 radical (unpaired) electrons. The Morgan fingerprint density at radius 3 is 2.56 bits per heavy atom. The van der Waals surface area contributed by atoms with Crippen molar-refractivity contribution in [2.75, 3.05) is 24.7 Å². The van der Waals surface area contributed by atoms with Gasteiger partial charge in [-0.15, -0.1) is 11.8 Å². The van der Waals surface area contributed by atoms with E-state index >= 15 is 0 Å². The lowest BCUT2D eigenvalue weighted by Crippen LogP contribution is -2.55. The molecule has 2 N–H and O–H groups in total. The van der Waals surface area contributed by atoms with Crippen LogP contribution in [0.15, 0.2) is 0 Å². The number of thioether (sulfide) groups is 1. The standard InChI is InChI=1S/C9H12F3NO4S/c10-9(11,12)5-18-3-6(14)13-8(7(15)16)1-2-17-4-8/h1-5H2,(H,13,14)(H,15,16). The van der Waals surface area contributed by atoms with Crippen LogP contribution in [0.2, 0.25) is 0 Å². The first-order chi connectivity index (χ1) is 8.25. The summed E-state index contributed by atoms with van der Waals surface area (Å²) in [5.41, 5.74) is -1.50. The molecule has 0 bridgehead atoms. The summed E-state index contributed by atoms with van der Waals surface area (Å²) >= 11 is 0.391. The number of hydrogen-bond acceptors (Lipinski definition) is 4. The minimum atomic E-state index is -4.34. The van der Waals surface area contributed by atoms with Crippen LogP contribution in [0.5, 0.6) is 0 Å². The van der Waals surface area contributed by atoms with Crippen LogP contribution < -0.4 is 5.32 Å². The van der Waals surface area contributed by atoms with Gasteiger partial charge in [-0.3, -0.25) is 4.79 Å². The number of rotatable bonds is 5. The number of carbonyl (C=O) groups excluding carboxylic acids is 1. The molecule has 9 heteroatoms. The summed E-state index contributed by atoms with van der Waals surface area (Å²) in [6.07, 6.45) is -4.23. The van der Waals surface area contributed by atoms with Gasteiger partial charge in [0.25, 0.3) is 0 Å². The van der Waals surface area contributed by atoms with Crippen LogP contribution in [0.3, 0.4) is 0 Å². The van der Waals surface area contributed by atoms with Crippen LogP contribution in [0.4, 0.5) is 13.2 Å². The average molecular weight is 287 g/mol. The smallest absolute Gasteiger partial charge is 0.397 e. The molecule has 1 unspecified atom stereocenters.